The second-order valence-electron chi connectivity index (χ2n) is 6.16. The van der Waals surface area contributed by atoms with Gasteiger partial charge in [-0.2, -0.15) is 0 Å². The summed E-state index contributed by atoms with van der Waals surface area (Å²) >= 11 is 0. The summed E-state index contributed by atoms with van der Waals surface area (Å²) in [6.45, 7) is 7.89. The van der Waals surface area contributed by atoms with Crippen LogP contribution in [0.5, 0.6) is 0 Å². The number of ether oxygens (including phenoxy) is 1. The minimum Gasteiger partial charge on any atom is -0.380 e. The number of hydrogen-bond donors (Lipinski definition) is 1. The van der Waals surface area contributed by atoms with Crippen molar-refractivity contribution in [2.45, 2.75) is 39.2 Å². The topological polar surface area (TPSA) is 41.6 Å². The van der Waals surface area contributed by atoms with Gasteiger partial charge in [-0.3, -0.25) is 4.79 Å². The Kier molecular flexibility index (Phi) is 4.28. The summed E-state index contributed by atoms with van der Waals surface area (Å²) in [7, 11) is 1.73. The largest absolute Gasteiger partial charge is 0.380 e. The molecule has 0 bridgehead atoms. The van der Waals surface area contributed by atoms with E-state index in [1.807, 2.05) is 4.90 Å². The Morgan fingerprint density at radius 1 is 1.39 bits per heavy atom. The minimum atomic E-state index is -0.254. The van der Waals surface area contributed by atoms with Crippen LogP contribution in [-0.4, -0.2) is 50.2 Å². The standard InChI is InChI=1S/C14H26N2O2/c1-14(2,11-5-4-7-15-9-11)13(17)16-8-6-12(10-16)18-3/h11-12,15H,4-10H2,1-3H3. The van der Waals surface area contributed by atoms with Gasteiger partial charge in [0.1, 0.15) is 0 Å². The first-order chi connectivity index (χ1) is 8.55. The Hall–Kier alpha value is -0.610. The molecule has 2 heterocycles. The van der Waals surface area contributed by atoms with Crippen molar-refractivity contribution in [3.05, 3.63) is 0 Å². The monoisotopic (exact) mass is 254 g/mol. The van der Waals surface area contributed by atoms with Crippen molar-refractivity contribution in [1.82, 2.24) is 10.2 Å². The van der Waals surface area contributed by atoms with Crippen LogP contribution in [-0.2, 0) is 9.53 Å². The predicted molar refractivity (Wildman–Crippen MR) is 71.4 cm³/mol. The summed E-state index contributed by atoms with van der Waals surface area (Å²) < 4.78 is 5.34. The Labute approximate surface area is 110 Å². The summed E-state index contributed by atoms with van der Waals surface area (Å²) in [6, 6.07) is 0. The third-order valence-electron chi connectivity index (χ3n) is 4.63. The molecule has 0 saturated carbocycles. The third-order valence-corrected chi connectivity index (χ3v) is 4.63. The molecule has 2 rings (SSSR count). The molecule has 4 heteroatoms. The Morgan fingerprint density at radius 2 is 2.17 bits per heavy atom. The van der Waals surface area contributed by atoms with Crippen LogP contribution >= 0.6 is 0 Å². The van der Waals surface area contributed by atoms with Gasteiger partial charge >= 0.3 is 0 Å². The Morgan fingerprint density at radius 3 is 2.72 bits per heavy atom. The number of nitrogens with one attached hydrogen (secondary N) is 1. The molecule has 18 heavy (non-hydrogen) atoms. The van der Waals surface area contributed by atoms with Crippen molar-refractivity contribution in [1.29, 1.82) is 0 Å². The number of hydrogen-bond acceptors (Lipinski definition) is 3. The molecular weight excluding hydrogens is 228 g/mol. The molecule has 1 amide bonds. The molecule has 2 atom stereocenters. The van der Waals surface area contributed by atoms with E-state index in [0.29, 0.717) is 11.8 Å². The molecule has 0 aromatic rings. The zero-order chi connectivity index (χ0) is 13.2. The molecule has 2 aliphatic rings. The quantitative estimate of drug-likeness (QED) is 0.824. The maximum atomic E-state index is 12.7. The van der Waals surface area contributed by atoms with Crippen molar-refractivity contribution in [3.63, 3.8) is 0 Å². The van der Waals surface area contributed by atoms with Gasteiger partial charge in [-0.1, -0.05) is 13.8 Å². The highest BCUT2D eigenvalue weighted by atomic mass is 16.5. The molecule has 0 spiro atoms. The molecule has 1 N–H and O–H groups in total. The fourth-order valence-electron chi connectivity index (χ4n) is 3.16. The average molecular weight is 254 g/mol. The number of likely N-dealkylation sites (tertiary alicyclic amines) is 1. The highest BCUT2D eigenvalue weighted by Crippen LogP contribution is 2.34. The van der Waals surface area contributed by atoms with Crippen molar-refractivity contribution < 1.29 is 9.53 Å². The van der Waals surface area contributed by atoms with Crippen LogP contribution in [0.15, 0.2) is 0 Å². The molecular formula is C14H26N2O2. The van der Waals surface area contributed by atoms with Crippen molar-refractivity contribution in [2.24, 2.45) is 11.3 Å². The van der Waals surface area contributed by atoms with Gasteiger partial charge in [-0.05, 0) is 38.3 Å². The second-order valence-corrected chi connectivity index (χ2v) is 6.16. The lowest BCUT2D eigenvalue weighted by Gasteiger charge is -2.38. The summed E-state index contributed by atoms with van der Waals surface area (Å²) in [5.41, 5.74) is -0.254. The first kappa shape index (κ1) is 13.8. The van der Waals surface area contributed by atoms with E-state index >= 15 is 0 Å². The number of methoxy groups -OCH3 is 1. The number of amides is 1. The predicted octanol–water partition coefficient (Wildman–Crippen LogP) is 1.26. The highest BCUT2D eigenvalue weighted by Gasteiger charge is 2.41. The van der Waals surface area contributed by atoms with Gasteiger partial charge in [-0.25, -0.2) is 0 Å². The Bertz CT molecular complexity index is 298. The summed E-state index contributed by atoms with van der Waals surface area (Å²) in [6.07, 6.45) is 3.55. The lowest BCUT2D eigenvalue weighted by atomic mass is 9.74. The zero-order valence-electron chi connectivity index (χ0n) is 11.9. The van der Waals surface area contributed by atoms with Gasteiger partial charge in [0.25, 0.3) is 0 Å². The molecule has 0 radical (unpaired) electrons. The molecule has 104 valence electrons. The van der Waals surface area contributed by atoms with E-state index in [2.05, 4.69) is 19.2 Å². The smallest absolute Gasteiger partial charge is 0.228 e. The fraction of sp³-hybridized carbons (Fsp3) is 0.929. The molecule has 2 saturated heterocycles. The zero-order valence-corrected chi connectivity index (χ0v) is 11.9. The maximum Gasteiger partial charge on any atom is 0.228 e. The van der Waals surface area contributed by atoms with E-state index in [9.17, 15) is 4.79 Å². The molecule has 2 aliphatic heterocycles. The van der Waals surface area contributed by atoms with Gasteiger partial charge in [0.15, 0.2) is 0 Å². The van der Waals surface area contributed by atoms with Gasteiger partial charge < -0.3 is 15.0 Å². The summed E-state index contributed by atoms with van der Waals surface area (Å²) in [4.78, 5) is 14.7. The normalized spacial score (nSPS) is 29.6. The molecule has 2 unspecified atom stereocenters. The number of carbonyl (C=O) groups excluding carboxylic acids is 1. The van der Waals surface area contributed by atoms with Gasteiger partial charge in [-0.15, -0.1) is 0 Å². The van der Waals surface area contributed by atoms with E-state index in [-0.39, 0.29) is 11.5 Å². The van der Waals surface area contributed by atoms with Crippen LogP contribution in [0.3, 0.4) is 0 Å². The van der Waals surface area contributed by atoms with Crippen LogP contribution in [0.25, 0.3) is 0 Å². The number of carbonyl (C=O) groups is 1. The van der Waals surface area contributed by atoms with Gasteiger partial charge in [0, 0.05) is 25.6 Å². The van der Waals surface area contributed by atoms with Crippen molar-refractivity contribution >= 4 is 5.91 Å². The Balaban J connectivity index is 1.98. The minimum absolute atomic E-state index is 0.231. The van der Waals surface area contributed by atoms with Crippen molar-refractivity contribution in [3.8, 4) is 0 Å². The first-order valence-corrected chi connectivity index (χ1v) is 7.08. The van der Waals surface area contributed by atoms with Crippen LogP contribution in [0, 0.1) is 11.3 Å². The lowest BCUT2D eigenvalue weighted by molar-refractivity contribution is -0.143. The summed E-state index contributed by atoms with van der Waals surface area (Å²) in [5, 5.41) is 3.41. The van der Waals surface area contributed by atoms with Gasteiger partial charge in [0.05, 0.1) is 6.10 Å². The second kappa shape index (κ2) is 5.57. The molecule has 4 nitrogen and oxygen atoms in total. The summed E-state index contributed by atoms with van der Waals surface area (Å²) in [5.74, 6) is 0.760. The molecule has 2 fully saturated rings. The van der Waals surface area contributed by atoms with E-state index < -0.39 is 0 Å². The maximum absolute atomic E-state index is 12.7. The fourth-order valence-corrected chi connectivity index (χ4v) is 3.16. The van der Waals surface area contributed by atoms with E-state index in [1.165, 1.54) is 6.42 Å². The average Bonchev–Trinajstić information content (AvgIpc) is 2.87. The van der Waals surface area contributed by atoms with Gasteiger partial charge in [0.2, 0.25) is 5.91 Å². The van der Waals surface area contributed by atoms with E-state index in [0.717, 1.165) is 39.0 Å². The van der Waals surface area contributed by atoms with E-state index in [4.69, 9.17) is 4.74 Å². The molecule has 0 aromatic heterocycles. The SMILES string of the molecule is COC1CCN(C(=O)C(C)(C)C2CCCNC2)C1. The third kappa shape index (κ3) is 2.69. The number of rotatable bonds is 3. The van der Waals surface area contributed by atoms with Crippen molar-refractivity contribution in [2.75, 3.05) is 33.3 Å². The number of piperidine rings is 1. The first-order valence-electron chi connectivity index (χ1n) is 7.08. The molecule has 0 aromatic carbocycles. The van der Waals surface area contributed by atoms with Crippen LogP contribution < -0.4 is 5.32 Å². The molecule has 0 aliphatic carbocycles. The van der Waals surface area contributed by atoms with Crippen LogP contribution in [0.1, 0.15) is 33.1 Å². The highest BCUT2D eigenvalue weighted by molar-refractivity contribution is 5.82. The van der Waals surface area contributed by atoms with Crippen LogP contribution in [0.2, 0.25) is 0 Å². The number of nitrogens with zero attached hydrogens (tertiary/aromatic N) is 1. The lowest BCUT2D eigenvalue weighted by Crippen LogP contribution is -2.48. The van der Waals surface area contributed by atoms with E-state index in [1.54, 1.807) is 7.11 Å². The van der Waals surface area contributed by atoms with Crippen LogP contribution in [0.4, 0.5) is 0 Å².